The third-order valence-corrected chi connectivity index (χ3v) is 4.18. The highest BCUT2D eigenvalue weighted by atomic mass is 32.2. The molecule has 0 N–H and O–H groups in total. The first kappa shape index (κ1) is 16.0. The maximum absolute atomic E-state index is 13.4. The van der Waals surface area contributed by atoms with Crippen molar-refractivity contribution in [3.8, 4) is 0 Å². The molecule has 19 heavy (non-hydrogen) atoms. The lowest BCUT2D eigenvalue weighted by atomic mass is 10.4. The quantitative estimate of drug-likeness (QED) is 0.454. The second-order valence-corrected chi connectivity index (χ2v) is 5.81. The molecule has 0 fully saturated rings. The number of hydrogen-bond donors (Lipinski definition) is 0. The number of hydrogen-bond acceptors (Lipinski definition) is 5. The molecule has 0 saturated heterocycles. The van der Waals surface area contributed by atoms with Crippen LogP contribution in [0.3, 0.4) is 0 Å². The first-order chi connectivity index (χ1) is 8.81. The van der Waals surface area contributed by atoms with Crippen molar-refractivity contribution in [2.45, 2.75) is 29.6 Å². The summed E-state index contributed by atoms with van der Waals surface area (Å²) < 4.78 is 44.4. The molecular formula is C11H12F3NO2S2. The number of ether oxygens (including phenoxy) is 1. The van der Waals surface area contributed by atoms with Crippen LogP contribution in [0.4, 0.5) is 13.2 Å². The van der Waals surface area contributed by atoms with Crippen molar-refractivity contribution in [2.75, 3.05) is 6.61 Å². The van der Waals surface area contributed by atoms with E-state index in [1.165, 1.54) is 6.92 Å². The minimum absolute atomic E-state index is 0.0309. The summed E-state index contributed by atoms with van der Waals surface area (Å²) >= 11 is 0.728. The fourth-order valence-corrected chi connectivity index (χ4v) is 3.18. The van der Waals surface area contributed by atoms with E-state index < -0.39 is 17.4 Å². The first-order valence-corrected chi connectivity index (χ1v) is 6.93. The van der Waals surface area contributed by atoms with Crippen molar-refractivity contribution in [3.05, 3.63) is 23.2 Å². The topological polar surface area (TPSA) is 39.2 Å². The number of thioether (sulfide) groups is 1. The molecule has 0 aliphatic carbocycles. The van der Waals surface area contributed by atoms with Gasteiger partial charge in [0, 0.05) is 0 Å². The summed E-state index contributed by atoms with van der Waals surface area (Å²) in [5.41, 5.74) is 0.288. The van der Waals surface area contributed by atoms with Gasteiger partial charge in [0.05, 0.1) is 12.3 Å². The SMILES string of the molecule is C=CC(F)C(F)(F)Sc1nc(C)c(C(=O)OCC)s1. The highest BCUT2D eigenvalue weighted by Crippen LogP contribution is 2.42. The monoisotopic (exact) mass is 311 g/mol. The molecule has 8 heteroatoms. The molecule has 1 aromatic rings. The van der Waals surface area contributed by atoms with Crippen LogP contribution in [0.25, 0.3) is 0 Å². The van der Waals surface area contributed by atoms with Crippen LogP contribution in [0.2, 0.25) is 0 Å². The van der Waals surface area contributed by atoms with Gasteiger partial charge in [0.2, 0.25) is 0 Å². The van der Waals surface area contributed by atoms with Gasteiger partial charge in [0.25, 0.3) is 0 Å². The number of thiazole rings is 1. The smallest absolute Gasteiger partial charge is 0.350 e. The number of carbonyl (C=O) groups is 1. The molecule has 0 amide bonds. The lowest BCUT2D eigenvalue weighted by molar-refractivity contribution is 0.0382. The van der Waals surface area contributed by atoms with Gasteiger partial charge in [0.15, 0.2) is 10.5 Å². The predicted molar refractivity (Wildman–Crippen MR) is 68.7 cm³/mol. The zero-order chi connectivity index (χ0) is 14.6. The van der Waals surface area contributed by atoms with Gasteiger partial charge in [-0.05, 0) is 25.6 Å². The second kappa shape index (κ2) is 6.42. The summed E-state index contributed by atoms with van der Waals surface area (Å²) in [4.78, 5) is 15.5. The van der Waals surface area contributed by atoms with E-state index in [1.807, 2.05) is 0 Å². The second-order valence-electron chi connectivity index (χ2n) is 3.42. The highest BCUT2D eigenvalue weighted by Gasteiger charge is 2.41. The van der Waals surface area contributed by atoms with E-state index in [0.717, 1.165) is 11.3 Å². The number of aromatic nitrogens is 1. The normalized spacial score (nSPS) is 13.1. The zero-order valence-electron chi connectivity index (χ0n) is 10.3. The van der Waals surface area contributed by atoms with Crippen molar-refractivity contribution in [1.82, 2.24) is 4.98 Å². The molecule has 0 aliphatic rings. The maximum Gasteiger partial charge on any atom is 0.350 e. The fourth-order valence-electron chi connectivity index (χ4n) is 1.11. The predicted octanol–water partition coefficient (Wildman–Crippen LogP) is 3.84. The average Bonchev–Trinajstić information content (AvgIpc) is 2.68. The molecule has 1 atom stereocenters. The Morgan fingerprint density at radius 1 is 1.68 bits per heavy atom. The van der Waals surface area contributed by atoms with Crippen molar-refractivity contribution < 1.29 is 22.7 Å². The zero-order valence-corrected chi connectivity index (χ0v) is 11.9. The molecule has 1 heterocycles. The van der Waals surface area contributed by atoms with E-state index in [4.69, 9.17) is 4.74 Å². The number of aryl methyl sites for hydroxylation is 1. The Hall–Kier alpha value is -1.02. The molecule has 1 rings (SSSR count). The molecule has 0 saturated carbocycles. The summed E-state index contributed by atoms with van der Waals surface area (Å²) in [6, 6.07) is 0. The molecule has 0 aliphatic heterocycles. The third kappa shape index (κ3) is 3.97. The van der Waals surface area contributed by atoms with E-state index in [2.05, 4.69) is 11.6 Å². The number of halogens is 3. The van der Waals surface area contributed by atoms with Crippen LogP contribution < -0.4 is 0 Å². The van der Waals surface area contributed by atoms with Gasteiger partial charge in [-0.25, -0.2) is 14.2 Å². The third-order valence-electron chi connectivity index (χ3n) is 1.99. The number of esters is 1. The van der Waals surface area contributed by atoms with Crippen LogP contribution in [-0.4, -0.2) is 29.0 Å². The van der Waals surface area contributed by atoms with Crippen molar-refractivity contribution in [1.29, 1.82) is 0 Å². The average molecular weight is 311 g/mol. The molecule has 0 radical (unpaired) electrons. The minimum atomic E-state index is -3.67. The van der Waals surface area contributed by atoms with E-state index in [9.17, 15) is 18.0 Å². The van der Waals surface area contributed by atoms with Gasteiger partial charge in [-0.2, -0.15) is 8.78 Å². The number of rotatable bonds is 6. The number of carbonyl (C=O) groups excluding carboxylic acids is 1. The highest BCUT2D eigenvalue weighted by molar-refractivity contribution is 8.02. The summed E-state index contributed by atoms with van der Waals surface area (Å²) in [7, 11) is 0. The van der Waals surface area contributed by atoms with E-state index >= 15 is 0 Å². The summed E-state index contributed by atoms with van der Waals surface area (Å²) in [6.07, 6.45) is -1.95. The lowest BCUT2D eigenvalue weighted by Crippen LogP contribution is -2.23. The van der Waals surface area contributed by atoms with Gasteiger partial charge in [-0.1, -0.05) is 12.7 Å². The maximum atomic E-state index is 13.4. The molecule has 1 unspecified atom stereocenters. The molecule has 0 aromatic carbocycles. The van der Waals surface area contributed by atoms with E-state index in [1.54, 1.807) is 6.92 Å². The van der Waals surface area contributed by atoms with Gasteiger partial charge < -0.3 is 4.74 Å². The Bertz CT molecular complexity index is 477. The molecule has 1 aromatic heterocycles. The van der Waals surface area contributed by atoms with Crippen molar-refractivity contribution >= 4 is 29.1 Å². The molecule has 0 bridgehead atoms. The fraction of sp³-hybridized carbons (Fsp3) is 0.455. The van der Waals surface area contributed by atoms with Crippen molar-refractivity contribution in [3.63, 3.8) is 0 Å². The summed E-state index contributed by atoms with van der Waals surface area (Å²) in [5, 5.41) is -3.67. The van der Waals surface area contributed by atoms with E-state index in [-0.39, 0.29) is 33.3 Å². The molecule has 0 spiro atoms. The summed E-state index contributed by atoms with van der Waals surface area (Å²) in [5.74, 6) is -0.617. The lowest BCUT2D eigenvalue weighted by Gasteiger charge is -2.15. The van der Waals surface area contributed by atoms with Crippen LogP contribution in [-0.2, 0) is 4.74 Å². The molecular weight excluding hydrogens is 299 g/mol. The van der Waals surface area contributed by atoms with Crippen LogP contribution in [0.5, 0.6) is 0 Å². The van der Waals surface area contributed by atoms with Gasteiger partial charge in [-0.15, -0.1) is 11.3 Å². The Labute approximate surface area is 116 Å². The van der Waals surface area contributed by atoms with Crippen LogP contribution in [0.15, 0.2) is 17.0 Å². The van der Waals surface area contributed by atoms with Gasteiger partial charge in [0.1, 0.15) is 4.88 Å². The van der Waals surface area contributed by atoms with Crippen LogP contribution in [0, 0.1) is 6.92 Å². The van der Waals surface area contributed by atoms with Crippen molar-refractivity contribution in [2.24, 2.45) is 0 Å². The largest absolute Gasteiger partial charge is 0.462 e. The van der Waals surface area contributed by atoms with Crippen LogP contribution in [0.1, 0.15) is 22.3 Å². The number of allylic oxidation sites excluding steroid dienone is 1. The first-order valence-electron chi connectivity index (χ1n) is 5.29. The Balaban J connectivity index is 2.90. The number of alkyl halides is 3. The minimum Gasteiger partial charge on any atom is -0.462 e. The molecule has 3 nitrogen and oxygen atoms in total. The summed E-state index contributed by atoms with van der Waals surface area (Å²) in [6.45, 7) is 6.30. The Morgan fingerprint density at radius 2 is 2.32 bits per heavy atom. The van der Waals surface area contributed by atoms with Gasteiger partial charge >= 0.3 is 11.2 Å². The molecule has 106 valence electrons. The van der Waals surface area contributed by atoms with E-state index in [0.29, 0.717) is 6.08 Å². The Morgan fingerprint density at radius 3 is 2.84 bits per heavy atom. The van der Waals surface area contributed by atoms with Crippen LogP contribution >= 0.6 is 23.1 Å². The number of nitrogens with zero attached hydrogens (tertiary/aromatic N) is 1. The standard InChI is InChI=1S/C11H12F3NO2S2/c1-4-7(12)11(13,14)19-10-15-6(3)8(18-10)9(16)17-5-2/h4,7H,1,5H2,2-3H3. The Kier molecular flexibility index (Phi) is 5.42. The van der Waals surface area contributed by atoms with Gasteiger partial charge in [-0.3, -0.25) is 0 Å².